The summed E-state index contributed by atoms with van der Waals surface area (Å²) in [5, 5.41) is 11.3. The summed E-state index contributed by atoms with van der Waals surface area (Å²) in [4.78, 5) is 2.34. The summed E-state index contributed by atoms with van der Waals surface area (Å²) in [6.07, 6.45) is 1.09. The molecule has 4 rings (SSSR count). The molecule has 4 nitrogen and oxygen atoms in total. The van der Waals surface area contributed by atoms with Crippen molar-refractivity contribution in [2.45, 2.75) is 37.9 Å². The fraction of sp³-hybridized carbons (Fsp3) is 0.368. The molecule has 3 atom stereocenters. The maximum atomic E-state index is 4.70. The molecule has 0 fully saturated rings. The number of rotatable bonds is 1. The molecule has 0 aromatic heterocycles. The maximum Gasteiger partial charge on any atom is 0.152 e. The molecule has 0 radical (unpaired) electrons. The van der Waals surface area contributed by atoms with Gasteiger partial charge in [-0.25, -0.2) is 5.01 Å². The predicted molar refractivity (Wildman–Crippen MR) is 93.8 cm³/mol. The standard InChI is InChI=1S/C19H22N4/c1-14-13-19(2)18(22(3)17-12-8-7-11-16(14)17)23(21-20-19)15-9-5-4-6-10-15/h4-12,14,18H,13H2,1-3H3/t14-,18+,19+/m0/s1. The van der Waals surface area contributed by atoms with Crippen LogP contribution in [0, 0.1) is 0 Å². The van der Waals surface area contributed by atoms with Gasteiger partial charge in [-0.2, -0.15) is 5.11 Å². The van der Waals surface area contributed by atoms with Gasteiger partial charge in [0.1, 0.15) is 5.54 Å². The smallest absolute Gasteiger partial charge is 0.152 e. The van der Waals surface area contributed by atoms with Crippen molar-refractivity contribution in [2.24, 2.45) is 10.3 Å². The molecule has 0 saturated carbocycles. The molecule has 2 aliphatic rings. The number of likely N-dealkylation sites (N-methyl/N-ethyl adjacent to an activating group) is 1. The third-order valence-corrected chi connectivity index (χ3v) is 5.11. The van der Waals surface area contributed by atoms with E-state index in [4.69, 9.17) is 5.11 Å². The van der Waals surface area contributed by atoms with Crippen molar-refractivity contribution in [3.63, 3.8) is 0 Å². The third kappa shape index (κ3) is 2.12. The van der Waals surface area contributed by atoms with Gasteiger partial charge < -0.3 is 4.90 Å². The first kappa shape index (κ1) is 14.2. The highest BCUT2D eigenvalue weighted by Crippen LogP contribution is 2.46. The van der Waals surface area contributed by atoms with Crippen LogP contribution in [-0.2, 0) is 0 Å². The lowest BCUT2D eigenvalue weighted by Crippen LogP contribution is -2.53. The number of benzene rings is 2. The lowest BCUT2D eigenvalue weighted by atomic mass is 9.86. The summed E-state index contributed by atoms with van der Waals surface area (Å²) in [5.41, 5.74) is 3.54. The summed E-state index contributed by atoms with van der Waals surface area (Å²) in [7, 11) is 2.16. The summed E-state index contributed by atoms with van der Waals surface area (Å²) < 4.78 is 0. The van der Waals surface area contributed by atoms with Crippen molar-refractivity contribution in [3.8, 4) is 0 Å². The summed E-state index contributed by atoms with van der Waals surface area (Å²) in [6.45, 7) is 4.52. The van der Waals surface area contributed by atoms with Crippen LogP contribution in [0.4, 0.5) is 11.4 Å². The molecule has 0 unspecified atom stereocenters. The SMILES string of the molecule is C[C@H]1C[C@@]2(C)N=NN(c3ccccc3)[C@H]2N(C)c2ccccc21. The second-order valence-electron chi connectivity index (χ2n) is 6.88. The van der Waals surface area contributed by atoms with Gasteiger partial charge in [0.25, 0.3) is 0 Å². The fourth-order valence-electron chi connectivity index (χ4n) is 4.10. The summed E-state index contributed by atoms with van der Waals surface area (Å²) >= 11 is 0. The van der Waals surface area contributed by atoms with E-state index in [0.717, 1.165) is 12.1 Å². The Balaban J connectivity index is 1.83. The Morgan fingerprint density at radius 1 is 1.04 bits per heavy atom. The molecule has 23 heavy (non-hydrogen) atoms. The van der Waals surface area contributed by atoms with Crippen LogP contribution >= 0.6 is 0 Å². The minimum absolute atomic E-state index is 0.0935. The highest BCUT2D eigenvalue weighted by atomic mass is 15.7. The van der Waals surface area contributed by atoms with Crippen LogP contribution < -0.4 is 9.91 Å². The molecular formula is C19H22N4. The van der Waals surface area contributed by atoms with Crippen LogP contribution in [0.25, 0.3) is 0 Å². The van der Waals surface area contributed by atoms with Crippen LogP contribution in [0.15, 0.2) is 64.9 Å². The Morgan fingerprint density at radius 3 is 2.52 bits per heavy atom. The first-order valence-corrected chi connectivity index (χ1v) is 8.19. The van der Waals surface area contributed by atoms with Gasteiger partial charge in [-0.3, -0.25) is 0 Å². The van der Waals surface area contributed by atoms with Crippen molar-refractivity contribution >= 4 is 11.4 Å². The Hall–Kier alpha value is -2.36. The van der Waals surface area contributed by atoms with Crippen molar-refractivity contribution in [3.05, 3.63) is 60.2 Å². The molecule has 0 amide bonds. The summed E-state index contributed by atoms with van der Waals surface area (Å²) in [5.74, 6) is 0.457. The molecule has 0 bridgehead atoms. The average molecular weight is 306 g/mol. The van der Waals surface area contributed by atoms with E-state index in [1.54, 1.807) is 0 Å². The molecule has 0 aliphatic carbocycles. The molecular weight excluding hydrogens is 284 g/mol. The molecule has 0 spiro atoms. The lowest BCUT2D eigenvalue weighted by Gasteiger charge is -2.38. The number of hydrogen-bond acceptors (Lipinski definition) is 4. The second-order valence-corrected chi connectivity index (χ2v) is 6.88. The number of para-hydroxylation sites is 2. The molecule has 2 aromatic rings. The fourth-order valence-corrected chi connectivity index (χ4v) is 4.10. The van der Waals surface area contributed by atoms with Gasteiger partial charge in [0.2, 0.25) is 0 Å². The highest BCUT2D eigenvalue weighted by molar-refractivity contribution is 5.61. The lowest BCUT2D eigenvalue weighted by molar-refractivity contribution is 0.362. The van der Waals surface area contributed by atoms with Crippen LogP contribution in [0.3, 0.4) is 0 Å². The largest absolute Gasteiger partial charge is 0.350 e. The Morgan fingerprint density at radius 2 is 1.74 bits per heavy atom. The van der Waals surface area contributed by atoms with E-state index in [9.17, 15) is 0 Å². The van der Waals surface area contributed by atoms with Crippen molar-refractivity contribution in [1.82, 2.24) is 0 Å². The van der Waals surface area contributed by atoms with E-state index < -0.39 is 0 Å². The Labute approximate surface area is 137 Å². The minimum Gasteiger partial charge on any atom is -0.350 e. The van der Waals surface area contributed by atoms with Crippen molar-refractivity contribution in [2.75, 3.05) is 17.0 Å². The van der Waals surface area contributed by atoms with Gasteiger partial charge in [0.05, 0.1) is 5.69 Å². The van der Waals surface area contributed by atoms with Gasteiger partial charge in [0, 0.05) is 12.7 Å². The van der Waals surface area contributed by atoms with Crippen LogP contribution in [0.5, 0.6) is 0 Å². The predicted octanol–water partition coefficient (Wildman–Crippen LogP) is 4.60. The van der Waals surface area contributed by atoms with Gasteiger partial charge in [-0.05, 0) is 43.0 Å². The average Bonchev–Trinajstić information content (AvgIpc) is 2.88. The van der Waals surface area contributed by atoms with E-state index >= 15 is 0 Å². The maximum absolute atomic E-state index is 4.70. The second kappa shape index (κ2) is 5.08. The zero-order valence-corrected chi connectivity index (χ0v) is 13.8. The zero-order chi connectivity index (χ0) is 16.0. The zero-order valence-electron chi connectivity index (χ0n) is 13.8. The van der Waals surface area contributed by atoms with Crippen LogP contribution in [0.2, 0.25) is 0 Å². The molecule has 118 valence electrons. The molecule has 4 heteroatoms. The molecule has 2 heterocycles. The molecule has 0 N–H and O–H groups in total. The first-order valence-electron chi connectivity index (χ1n) is 8.19. The Kier molecular flexibility index (Phi) is 3.15. The van der Waals surface area contributed by atoms with Gasteiger partial charge in [0.15, 0.2) is 6.17 Å². The highest BCUT2D eigenvalue weighted by Gasteiger charge is 2.49. The van der Waals surface area contributed by atoms with Crippen molar-refractivity contribution < 1.29 is 0 Å². The van der Waals surface area contributed by atoms with E-state index in [2.05, 4.69) is 72.4 Å². The quantitative estimate of drug-likeness (QED) is 0.771. The summed E-state index contributed by atoms with van der Waals surface area (Å²) in [6, 6.07) is 19.0. The third-order valence-electron chi connectivity index (χ3n) is 5.11. The van der Waals surface area contributed by atoms with E-state index in [0.29, 0.717) is 5.92 Å². The van der Waals surface area contributed by atoms with Crippen LogP contribution in [0.1, 0.15) is 31.7 Å². The van der Waals surface area contributed by atoms with E-state index in [1.165, 1.54) is 11.3 Å². The first-order chi connectivity index (χ1) is 11.1. The molecule has 2 aliphatic heterocycles. The van der Waals surface area contributed by atoms with Crippen LogP contribution in [-0.4, -0.2) is 18.8 Å². The van der Waals surface area contributed by atoms with Crippen molar-refractivity contribution in [1.29, 1.82) is 0 Å². The van der Waals surface area contributed by atoms with Gasteiger partial charge in [-0.1, -0.05) is 48.5 Å². The number of fused-ring (bicyclic) bond motifs is 2. The molecule has 0 saturated heterocycles. The minimum atomic E-state index is -0.219. The van der Waals surface area contributed by atoms with E-state index in [1.807, 2.05) is 18.2 Å². The monoisotopic (exact) mass is 306 g/mol. The van der Waals surface area contributed by atoms with Gasteiger partial charge >= 0.3 is 0 Å². The number of hydrogen-bond donors (Lipinski definition) is 0. The number of anilines is 2. The topological polar surface area (TPSA) is 31.2 Å². The number of nitrogens with zero attached hydrogens (tertiary/aromatic N) is 4. The van der Waals surface area contributed by atoms with E-state index in [-0.39, 0.29) is 11.7 Å². The molecule has 2 aromatic carbocycles. The van der Waals surface area contributed by atoms with Gasteiger partial charge in [-0.15, -0.1) is 0 Å². The Bertz CT molecular complexity index is 742. The normalized spacial score (nSPS) is 29.2.